The zero-order valence-electron chi connectivity index (χ0n) is 25.5. The summed E-state index contributed by atoms with van der Waals surface area (Å²) in [6.45, 7) is 8.66. The number of thioether (sulfide) groups is 1. The lowest BCUT2D eigenvalue weighted by Crippen LogP contribution is -2.59. The van der Waals surface area contributed by atoms with Gasteiger partial charge in [0.2, 0.25) is 5.95 Å². The standard InChI is InChI=1S/C32H36FNO9S/c1-17-7-8-22(13-24(17)14-32(6)12-11-26(44-32)23-9-10-27(33)34-15-23)28-30(41-20(4)37)31(42-21(5)38)29(40-19(3)36)25(43-28)16-39-18(2)35/h7-11,13,15,25,28-31H,12,14,16H2,1-6H3/t25?,28?,29-,30+,31+,32?/m1/s1. The topological polar surface area (TPSA) is 127 Å². The van der Waals surface area contributed by atoms with Gasteiger partial charge in [-0.2, -0.15) is 4.39 Å². The van der Waals surface area contributed by atoms with Crippen LogP contribution in [0.2, 0.25) is 0 Å². The molecule has 3 heterocycles. The van der Waals surface area contributed by atoms with Crippen molar-refractivity contribution < 1.29 is 47.3 Å². The molecule has 0 bridgehead atoms. The first-order valence-electron chi connectivity index (χ1n) is 14.2. The van der Waals surface area contributed by atoms with Gasteiger partial charge in [0.1, 0.15) is 18.8 Å². The number of aromatic nitrogens is 1. The molecular formula is C32H36FNO9S. The molecule has 3 unspecified atom stereocenters. The Bertz CT molecular complexity index is 1450. The summed E-state index contributed by atoms with van der Waals surface area (Å²) < 4.78 is 41.5. The van der Waals surface area contributed by atoms with Crippen molar-refractivity contribution >= 4 is 40.5 Å². The van der Waals surface area contributed by atoms with E-state index in [1.54, 1.807) is 17.8 Å². The van der Waals surface area contributed by atoms with Crippen molar-refractivity contribution in [2.45, 2.75) is 89.7 Å². The summed E-state index contributed by atoms with van der Waals surface area (Å²) in [4.78, 5) is 53.0. The van der Waals surface area contributed by atoms with E-state index in [1.165, 1.54) is 40.0 Å². The first kappa shape index (κ1) is 33.1. The molecule has 6 atom stereocenters. The van der Waals surface area contributed by atoms with Crippen LogP contribution in [0.5, 0.6) is 0 Å². The van der Waals surface area contributed by atoms with Crippen molar-refractivity contribution in [3.8, 4) is 0 Å². The van der Waals surface area contributed by atoms with Gasteiger partial charge in [-0.25, -0.2) is 4.98 Å². The van der Waals surface area contributed by atoms with Gasteiger partial charge in [0.15, 0.2) is 18.3 Å². The Balaban J connectivity index is 1.67. The van der Waals surface area contributed by atoms with E-state index in [0.717, 1.165) is 28.0 Å². The molecule has 4 rings (SSSR count). The molecule has 0 aliphatic carbocycles. The van der Waals surface area contributed by atoms with E-state index in [0.29, 0.717) is 12.0 Å². The van der Waals surface area contributed by atoms with Gasteiger partial charge in [0, 0.05) is 49.1 Å². The maximum absolute atomic E-state index is 13.4. The van der Waals surface area contributed by atoms with Crippen LogP contribution in [0.1, 0.15) is 69.4 Å². The first-order chi connectivity index (χ1) is 20.7. The number of halogens is 1. The highest BCUT2D eigenvalue weighted by Crippen LogP contribution is 2.49. The molecule has 0 spiro atoms. The fraction of sp³-hybridized carbons (Fsp3) is 0.469. The number of pyridine rings is 1. The van der Waals surface area contributed by atoms with Crippen LogP contribution >= 0.6 is 11.8 Å². The Morgan fingerprint density at radius 3 is 2.23 bits per heavy atom. The van der Waals surface area contributed by atoms with Gasteiger partial charge < -0.3 is 23.7 Å². The molecule has 1 aromatic carbocycles. The number of carbonyl (C=O) groups excluding carboxylic acids is 4. The summed E-state index contributed by atoms with van der Waals surface area (Å²) in [6.07, 6.45) is -0.561. The fourth-order valence-electron chi connectivity index (χ4n) is 5.42. The number of ether oxygens (including phenoxy) is 5. The summed E-state index contributed by atoms with van der Waals surface area (Å²) in [5, 5.41) is 0. The van der Waals surface area contributed by atoms with Crippen LogP contribution in [0.25, 0.3) is 4.91 Å². The molecule has 0 saturated carbocycles. The van der Waals surface area contributed by atoms with Crippen LogP contribution in [0, 0.1) is 12.9 Å². The Kier molecular flexibility index (Phi) is 10.5. The quantitative estimate of drug-likeness (QED) is 0.215. The van der Waals surface area contributed by atoms with Crippen molar-refractivity contribution in [2.75, 3.05) is 6.61 Å². The van der Waals surface area contributed by atoms with E-state index in [-0.39, 0.29) is 11.4 Å². The minimum absolute atomic E-state index is 0.214. The summed E-state index contributed by atoms with van der Waals surface area (Å²) in [6, 6.07) is 8.77. The maximum atomic E-state index is 13.4. The fourth-order valence-corrected chi connectivity index (χ4v) is 6.75. The van der Waals surface area contributed by atoms with Crippen molar-refractivity contribution in [2.24, 2.45) is 0 Å². The van der Waals surface area contributed by atoms with Gasteiger partial charge in [-0.05, 0) is 55.5 Å². The van der Waals surface area contributed by atoms with Crippen LogP contribution in [0.15, 0.2) is 42.6 Å². The van der Waals surface area contributed by atoms with Gasteiger partial charge >= 0.3 is 23.9 Å². The molecule has 1 saturated heterocycles. The molecule has 0 amide bonds. The molecular weight excluding hydrogens is 593 g/mol. The van der Waals surface area contributed by atoms with E-state index < -0.39 is 60.3 Å². The molecule has 2 aromatic rings. The van der Waals surface area contributed by atoms with Gasteiger partial charge in [-0.3, -0.25) is 19.2 Å². The third-order valence-corrected chi connectivity index (χ3v) is 8.77. The number of esters is 4. The Morgan fingerprint density at radius 1 is 0.955 bits per heavy atom. The highest BCUT2D eigenvalue weighted by atomic mass is 32.2. The van der Waals surface area contributed by atoms with Gasteiger partial charge in [-0.15, -0.1) is 11.8 Å². The molecule has 0 N–H and O–H groups in total. The lowest BCUT2D eigenvalue weighted by molar-refractivity contribution is -0.254. The second-order valence-corrected chi connectivity index (χ2v) is 12.8. The highest BCUT2D eigenvalue weighted by Gasteiger charge is 2.52. The Hall–Kier alpha value is -3.77. The van der Waals surface area contributed by atoms with E-state index >= 15 is 0 Å². The molecule has 1 aromatic heterocycles. The molecule has 10 nitrogen and oxygen atoms in total. The summed E-state index contributed by atoms with van der Waals surface area (Å²) in [7, 11) is 0. The molecule has 44 heavy (non-hydrogen) atoms. The molecule has 2 aliphatic heterocycles. The predicted octanol–water partition coefficient (Wildman–Crippen LogP) is 4.81. The normalized spacial score (nSPS) is 26.3. The summed E-state index contributed by atoms with van der Waals surface area (Å²) in [5.74, 6) is -3.15. The largest absolute Gasteiger partial charge is 0.463 e. The summed E-state index contributed by atoms with van der Waals surface area (Å²) in [5.41, 5.74) is 3.52. The van der Waals surface area contributed by atoms with Crippen LogP contribution in [-0.4, -0.2) is 64.6 Å². The molecule has 2 aliphatic rings. The number of allylic oxidation sites excluding steroid dienone is 1. The predicted molar refractivity (Wildman–Crippen MR) is 159 cm³/mol. The molecule has 236 valence electrons. The summed E-state index contributed by atoms with van der Waals surface area (Å²) >= 11 is 1.69. The maximum Gasteiger partial charge on any atom is 0.303 e. The molecule has 1 fully saturated rings. The third-order valence-electron chi connectivity index (χ3n) is 7.34. The van der Waals surface area contributed by atoms with Crippen molar-refractivity contribution in [1.29, 1.82) is 0 Å². The third kappa shape index (κ3) is 8.23. The minimum atomic E-state index is -1.25. The average molecular weight is 630 g/mol. The molecule has 12 heteroatoms. The van der Waals surface area contributed by atoms with E-state index in [9.17, 15) is 23.6 Å². The lowest BCUT2D eigenvalue weighted by atomic mass is 9.87. The van der Waals surface area contributed by atoms with Gasteiger partial charge in [0.25, 0.3) is 0 Å². The van der Waals surface area contributed by atoms with Crippen molar-refractivity contribution in [3.63, 3.8) is 0 Å². The van der Waals surface area contributed by atoms with Crippen molar-refractivity contribution in [3.05, 3.63) is 70.8 Å². The van der Waals surface area contributed by atoms with Crippen LogP contribution < -0.4 is 0 Å². The molecule has 0 radical (unpaired) electrons. The van der Waals surface area contributed by atoms with E-state index in [2.05, 4.69) is 18.0 Å². The zero-order chi connectivity index (χ0) is 32.2. The number of carbonyl (C=O) groups is 4. The Labute approximate surface area is 259 Å². The smallest absolute Gasteiger partial charge is 0.303 e. The van der Waals surface area contributed by atoms with E-state index in [1.807, 2.05) is 25.1 Å². The second kappa shape index (κ2) is 13.9. The van der Waals surface area contributed by atoms with E-state index in [4.69, 9.17) is 23.7 Å². The minimum Gasteiger partial charge on any atom is -0.463 e. The number of rotatable bonds is 9. The monoisotopic (exact) mass is 629 g/mol. The number of hydrogen-bond donors (Lipinski definition) is 0. The highest BCUT2D eigenvalue weighted by molar-refractivity contribution is 8.09. The number of benzene rings is 1. The lowest BCUT2D eigenvalue weighted by Gasteiger charge is -2.44. The number of hydrogen-bond acceptors (Lipinski definition) is 11. The van der Waals surface area contributed by atoms with Crippen LogP contribution in [0.4, 0.5) is 4.39 Å². The number of nitrogens with zero attached hydrogens (tertiary/aromatic N) is 1. The Morgan fingerprint density at radius 2 is 1.61 bits per heavy atom. The average Bonchev–Trinajstić information content (AvgIpc) is 3.32. The zero-order valence-corrected chi connectivity index (χ0v) is 26.3. The van der Waals surface area contributed by atoms with Crippen LogP contribution in [0.3, 0.4) is 0 Å². The van der Waals surface area contributed by atoms with Gasteiger partial charge in [-0.1, -0.05) is 24.3 Å². The number of aryl methyl sites for hydroxylation is 1. The van der Waals surface area contributed by atoms with Crippen LogP contribution in [-0.2, 0) is 49.3 Å². The second-order valence-electron chi connectivity index (χ2n) is 11.2. The first-order valence-corrected chi connectivity index (χ1v) is 15.0. The SMILES string of the molecule is CC(=O)OCC1OC(c2ccc(C)c(CC3(C)CC=C(c4ccc(F)nc4)S3)c2)[C@H](OC(C)=O)[C@@H](OC(C)=O)[C@@H]1OC(C)=O. The van der Waals surface area contributed by atoms with Crippen molar-refractivity contribution in [1.82, 2.24) is 4.98 Å². The van der Waals surface area contributed by atoms with Gasteiger partial charge in [0.05, 0.1) is 0 Å².